The van der Waals surface area contributed by atoms with Crippen LogP contribution < -0.4 is 24.4 Å². The molecule has 1 aliphatic rings. The first-order valence-electron chi connectivity index (χ1n) is 12.4. The summed E-state index contributed by atoms with van der Waals surface area (Å²) >= 11 is 11.9. The minimum absolute atomic E-state index is 0.201. The monoisotopic (exact) mass is 740 g/mol. The number of methoxy groups -OCH3 is 1. The van der Waals surface area contributed by atoms with Crippen molar-refractivity contribution in [3.63, 3.8) is 0 Å². The summed E-state index contributed by atoms with van der Waals surface area (Å²) in [7, 11) is 1.57. The lowest BCUT2D eigenvalue weighted by Gasteiger charge is -2.27. The summed E-state index contributed by atoms with van der Waals surface area (Å²) in [5, 5.41) is 0. The molecule has 2 heterocycles. The van der Waals surface area contributed by atoms with Crippen molar-refractivity contribution in [2.24, 2.45) is 4.99 Å². The Labute approximate surface area is 255 Å². The van der Waals surface area contributed by atoms with Gasteiger partial charge in [-0.05, 0) is 72.6 Å². The zero-order valence-electron chi connectivity index (χ0n) is 21.8. The first-order valence-corrected chi connectivity index (χ1v) is 15.6. The first-order chi connectivity index (χ1) is 18.7. The third-order valence-electron chi connectivity index (χ3n) is 5.99. The Bertz CT molecular complexity index is 1630. The first kappa shape index (κ1) is 29.8. The lowest BCUT2D eigenvalue weighted by Crippen LogP contribution is -2.40. The van der Waals surface area contributed by atoms with Gasteiger partial charge < -0.3 is 14.2 Å². The molecule has 0 radical (unpaired) electrons. The number of carbonyl (C=O) groups is 1. The molecule has 0 spiro atoms. The van der Waals surface area contributed by atoms with E-state index in [1.165, 1.54) is 11.3 Å². The van der Waals surface area contributed by atoms with E-state index in [1.54, 1.807) is 24.7 Å². The van der Waals surface area contributed by atoms with E-state index in [0.29, 0.717) is 50.7 Å². The Morgan fingerprint density at radius 2 is 1.87 bits per heavy atom. The van der Waals surface area contributed by atoms with E-state index >= 15 is 0 Å². The Balaban J connectivity index is 2.07. The van der Waals surface area contributed by atoms with Gasteiger partial charge in [-0.25, -0.2) is 9.79 Å². The Hall–Kier alpha value is -2.21. The molecule has 1 atom stereocenters. The van der Waals surface area contributed by atoms with Crippen molar-refractivity contribution in [2.45, 2.75) is 39.7 Å². The van der Waals surface area contributed by atoms with Gasteiger partial charge in [0.1, 0.15) is 17.5 Å². The van der Waals surface area contributed by atoms with Crippen LogP contribution in [0.2, 0.25) is 0 Å². The number of benzene rings is 2. The quantitative estimate of drug-likeness (QED) is 0.242. The van der Waals surface area contributed by atoms with Crippen LogP contribution in [-0.4, -0.2) is 30.9 Å². The third kappa shape index (κ3) is 6.11. The number of rotatable bonds is 9. The van der Waals surface area contributed by atoms with Crippen molar-refractivity contribution in [2.75, 3.05) is 20.3 Å². The van der Waals surface area contributed by atoms with E-state index in [9.17, 15) is 9.59 Å². The summed E-state index contributed by atoms with van der Waals surface area (Å²) < 4.78 is 21.5. The molecule has 0 aliphatic carbocycles. The maximum atomic E-state index is 14.1. The Morgan fingerprint density at radius 3 is 2.54 bits per heavy atom. The predicted octanol–water partition coefficient (Wildman–Crippen LogP) is 6.27. The predicted molar refractivity (Wildman–Crippen MR) is 163 cm³/mol. The second-order valence-corrected chi connectivity index (χ2v) is 12.2. The summed E-state index contributed by atoms with van der Waals surface area (Å²) in [6, 6.07) is 8.55. The second-order valence-electron chi connectivity index (χ2n) is 8.54. The van der Waals surface area contributed by atoms with Gasteiger partial charge in [-0.1, -0.05) is 56.5 Å². The fourth-order valence-corrected chi connectivity index (χ4v) is 7.22. The lowest BCUT2D eigenvalue weighted by atomic mass is 9.93. The number of thiazole rings is 1. The van der Waals surface area contributed by atoms with Crippen molar-refractivity contribution >= 4 is 71.2 Å². The molecule has 0 saturated carbocycles. The van der Waals surface area contributed by atoms with Gasteiger partial charge in [0.15, 0.2) is 4.80 Å². The van der Waals surface area contributed by atoms with E-state index in [4.69, 9.17) is 19.2 Å². The average Bonchev–Trinajstić information content (AvgIpc) is 3.20. The van der Waals surface area contributed by atoms with E-state index in [-0.39, 0.29) is 12.2 Å². The number of ether oxygens (including phenoxy) is 3. The number of hydrogen-bond donors (Lipinski definition) is 0. The van der Waals surface area contributed by atoms with Gasteiger partial charge in [-0.3, -0.25) is 9.36 Å². The van der Waals surface area contributed by atoms with Crippen LogP contribution in [0.4, 0.5) is 0 Å². The number of carbonyl (C=O) groups excluding carboxylic acids is 1. The molecular weight excluding hydrogens is 716 g/mol. The highest BCUT2D eigenvalue weighted by Gasteiger charge is 2.36. The number of halogens is 3. The average molecular weight is 743 g/mol. The molecule has 2 aromatic carbocycles. The van der Waals surface area contributed by atoms with Crippen LogP contribution >= 0.6 is 59.1 Å². The van der Waals surface area contributed by atoms with Crippen LogP contribution in [-0.2, 0) is 9.53 Å². The van der Waals surface area contributed by atoms with Crippen LogP contribution in [0.5, 0.6) is 11.5 Å². The van der Waals surface area contributed by atoms with Crippen molar-refractivity contribution in [1.82, 2.24) is 4.57 Å². The maximum absolute atomic E-state index is 14.1. The van der Waals surface area contributed by atoms with Crippen LogP contribution in [0.3, 0.4) is 0 Å². The van der Waals surface area contributed by atoms with Crippen LogP contribution in [0.25, 0.3) is 6.08 Å². The Morgan fingerprint density at radius 1 is 1.10 bits per heavy atom. The van der Waals surface area contributed by atoms with E-state index in [1.807, 2.05) is 44.2 Å². The number of aromatic nitrogens is 1. The summed E-state index contributed by atoms with van der Waals surface area (Å²) in [4.78, 5) is 32.9. The number of hydrogen-bond acceptors (Lipinski definition) is 7. The summed E-state index contributed by atoms with van der Waals surface area (Å²) in [5.41, 5.74) is 2.07. The fraction of sp³-hybridized carbons (Fsp3) is 0.321. The minimum atomic E-state index is -0.781. The third-order valence-corrected chi connectivity index (χ3v) is 8.51. The van der Waals surface area contributed by atoms with Crippen molar-refractivity contribution in [3.05, 3.63) is 85.8 Å². The largest absolute Gasteiger partial charge is 0.496 e. The highest BCUT2D eigenvalue weighted by Crippen LogP contribution is 2.38. The van der Waals surface area contributed by atoms with Gasteiger partial charge >= 0.3 is 5.97 Å². The van der Waals surface area contributed by atoms with Crippen molar-refractivity contribution < 1.29 is 19.0 Å². The number of allylic oxidation sites excluding steroid dienone is 1. The normalized spacial score (nSPS) is 15.2. The van der Waals surface area contributed by atoms with Gasteiger partial charge in [-0.15, -0.1) is 0 Å². The molecule has 4 rings (SSSR count). The maximum Gasteiger partial charge on any atom is 0.338 e. The second kappa shape index (κ2) is 13.0. The molecular formula is C28H27Br3N2O5S. The molecule has 0 bridgehead atoms. The number of nitrogens with zero attached hydrogens (tertiary/aromatic N) is 2. The topological polar surface area (TPSA) is 79.1 Å². The summed E-state index contributed by atoms with van der Waals surface area (Å²) in [6.07, 6.45) is 3.12. The molecule has 1 aliphatic heterocycles. The molecule has 3 aromatic rings. The van der Waals surface area contributed by atoms with Crippen LogP contribution in [0.15, 0.2) is 64.8 Å². The van der Waals surface area contributed by atoms with Crippen molar-refractivity contribution in [3.8, 4) is 11.5 Å². The summed E-state index contributed by atoms with van der Waals surface area (Å²) in [5.74, 6) is 0.683. The van der Waals surface area contributed by atoms with E-state index in [0.717, 1.165) is 25.4 Å². The smallest absolute Gasteiger partial charge is 0.338 e. The minimum Gasteiger partial charge on any atom is -0.496 e. The molecule has 39 heavy (non-hydrogen) atoms. The highest BCUT2D eigenvalue weighted by atomic mass is 79.9. The van der Waals surface area contributed by atoms with Gasteiger partial charge in [0.2, 0.25) is 0 Å². The molecule has 206 valence electrons. The zero-order chi connectivity index (χ0) is 28.3. The van der Waals surface area contributed by atoms with Gasteiger partial charge in [0.05, 0.1) is 40.6 Å². The van der Waals surface area contributed by atoms with E-state index < -0.39 is 12.0 Å². The van der Waals surface area contributed by atoms with Crippen LogP contribution in [0, 0.1) is 0 Å². The molecule has 0 fully saturated rings. The number of esters is 1. The standard InChI is InChI=1S/C28H27Br3N2O5S/c1-5-8-20-23(27(35)38-7-3)24(18-13-16(29)9-10-21(18)36-4)33-26(34)22(39-28(33)32-20)12-15-11-17(30)14-19(31)25(15)37-6-2/h9-14,24H,5-8H2,1-4H3/b22-12+/t24-/m1/s1. The summed E-state index contributed by atoms with van der Waals surface area (Å²) in [6.45, 7) is 6.36. The van der Waals surface area contributed by atoms with Gasteiger partial charge in [0, 0.05) is 20.1 Å². The number of fused-ring (bicyclic) bond motifs is 1. The van der Waals surface area contributed by atoms with E-state index in [2.05, 4.69) is 47.8 Å². The van der Waals surface area contributed by atoms with Gasteiger partial charge in [-0.2, -0.15) is 0 Å². The molecule has 7 nitrogen and oxygen atoms in total. The molecule has 11 heteroatoms. The Kier molecular flexibility index (Phi) is 9.90. The van der Waals surface area contributed by atoms with Crippen LogP contribution in [0.1, 0.15) is 50.8 Å². The highest BCUT2D eigenvalue weighted by molar-refractivity contribution is 9.11. The molecule has 0 amide bonds. The fourth-order valence-electron chi connectivity index (χ4n) is 4.46. The van der Waals surface area contributed by atoms with Crippen molar-refractivity contribution in [1.29, 1.82) is 0 Å². The molecule has 1 aromatic heterocycles. The lowest BCUT2D eigenvalue weighted by molar-refractivity contribution is -0.139. The van der Waals surface area contributed by atoms with Gasteiger partial charge in [0.25, 0.3) is 5.56 Å². The SMILES string of the molecule is CCCC1=C(C(=O)OCC)[C@@H](c2cc(Br)ccc2OC)n2c(s/c(=C/c3cc(Br)cc(Br)c3OCC)c2=O)=N1. The molecule has 0 N–H and O–H groups in total. The zero-order valence-corrected chi connectivity index (χ0v) is 27.4. The molecule has 0 saturated heterocycles. The molecule has 0 unspecified atom stereocenters.